The highest BCUT2D eigenvalue weighted by atomic mass is 16.5. The molecule has 1 aromatic heterocycles. The van der Waals surface area contributed by atoms with Crippen LogP contribution in [0.25, 0.3) is 6.08 Å². The predicted octanol–water partition coefficient (Wildman–Crippen LogP) is 5.26. The molecule has 0 spiro atoms. The van der Waals surface area contributed by atoms with Crippen molar-refractivity contribution in [3.63, 3.8) is 0 Å². The molecule has 2 heterocycles. The summed E-state index contributed by atoms with van der Waals surface area (Å²) in [6.07, 6.45) is 8.30. The molecule has 6 heteroatoms. The van der Waals surface area contributed by atoms with E-state index in [4.69, 9.17) is 4.74 Å². The number of nitrogens with one attached hydrogen (secondary N) is 1. The number of urea groups is 1. The molecule has 0 radical (unpaired) electrons. The van der Waals surface area contributed by atoms with Crippen LogP contribution in [0.2, 0.25) is 0 Å². The molecule has 2 aliphatic rings. The van der Waals surface area contributed by atoms with Crippen LogP contribution in [0.4, 0.5) is 4.79 Å². The number of hydrogen-bond donors (Lipinski definition) is 1. The molecule has 2 fully saturated rings. The van der Waals surface area contributed by atoms with Gasteiger partial charge in [0, 0.05) is 38.9 Å². The number of nitrogens with zero attached hydrogens (tertiary/aromatic N) is 3. The normalized spacial score (nSPS) is 19.9. The standard InChI is InChI=1S/C26H26N4O2.H2/c31-26(29-24-18-23(24)21-7-2-1-3-8-21)30-14-10-19(11-15-30)16-20-6-4-9-22(17-20)32-25-27-12-5-13-28-25;/h1-9,12-13,16-17,23-24H,10-11,14-15,18H2,(H,29,31);1H. The van der Waals surface area contributed by atoms with Crippen molar-refractivity contribution in [2.45, 2.75) is 31.2 Å². The second-order valence-electron chi connectivity index (χ2n) is 8.30. The first kappa shape index (κ1) is 20.2. The summed E-state index contributed by atoms with van der Waals surface area (Å²) in [6, 6.07) is 20.7. The van der Waals surface area contributed by atoms with E-state index in [2.05, 4.69) is 51.7 Å². The van der Waals surface area contributed by atoms with Crippen molar-refractivity contribution < 1.29 is 11.0 Å². The van der Waals surface area contributed by atoms with Gasteiger partial charge in [-0.15, -0.1) is 0 Å². The molecular weight excluding hydrogens is 400 g/mol. The number of hydrogen-bond acceptors (Lipinski definition) is 4. The fourth-order valence-electron chi connectivity index (χ4n) is 4.16. The van der Waals surface area contributed by atoms with Gasteiger partial charge >= 0.3 is 12.0 Å². The average Bonchev–Trinajstić information content (AvgIpc) is 3.60. The molecule has 6 nitrogen and oxygen atoms in total. The first-order chi connectivity index (χ1) is 15.7. The summed E-state index contributed by atoms with van der Waals surface area (Å²) in [5, 5.41) is 3.21. The van der Waals surface area contributed by atoms with Gasteiger partial charge in [-0.3, -0.25) is 0 Å². The Morgan fingerprint density at radius 2 is 1.81 bits per heavy atom. The summed E-state index contributed by atoms with van der Waals surface area (Å²) < 4.78 is 5.73. The zero-order chi connectivity index (χ0) is 21.8. The number of benzene rings is 2. The predicted molar refractivity (Wildman–Crippen MR) is 126 cm³/mol. The Labute approximate surface area is 189 Å². The minimum Gasteiger partial charge on any atom is -0.424 e. The van der Waals surface area contributed by atoms with Gasteiger partial charge in [0.1, 0.15) is 5.75 Å². The van der Waals surface area contributed by atoms with Crippen LogP contribution in [0.15, 0.2) is 78.6 Å². The SMILES string of the molecule is O=C(NC1CC1c1ccccc1)N1CCC(=Cc2cccc(Oc3ncccn3)c2)CC1.[HH]. The fraction of sp³-hybridized carbons (Fsp3) is 0.269. The number of carbonyl (C=O) groups excluding carboxylic acids is 1. The maximum absolute atomic E-state index is 12.7. The van der Waals surface area contributed by atoms with E-state index in [9.17, 15) is 4.79 Å². The van der Waals surface area contributed by atoms with Gasteiger partial charge in [-0.25, -0.2) is 14.8 Å². The minimum atomic E-state index is 0. The van der Waals surface area contributed by atoms with Crippen LogP contribution in [-0.2, 0) is 0 Å². The monoisotopic (exact) mass is 428 g/mol. The second-order valence-corrected chi connectivity index (χ2v) is 8.30. The van der Waals surface area contributed by atoms with E-state index in [-0.39, 0.29) is 13.5 Å². The topological polar surface area (TPSA) is 67.4 Å². The molecule has 1 aliphatic heterocycles. The Kier molecular flexibility index (Phi) is 5.83. The van der Waals surface area contributed by atoms with E-state index in [1.54, 1.807) is 18.5 Å². The maximum atomic E-state index is 12.7. The quantitative estimate of drug-likeness (QED) is 0.602. The molecule has 5 rings (SSSR count). The Morgan fingerprint density at radius 1 is 1.03 bits per heavy atom. The third kappa shape index (κ3) is 4.97. The first-order valence-electron chi connectivity index (χ1n) is 11.1. The van der Waals surface area contributed by atoms with Gasteiger partial charge < -0.3 is 15.0 Å². The summed E-state index contributed by atoms with van der Waals surface area (Å²) in [5.74, 6) is 1.16. The largest absolute Gasteiger partial charge is 0.424 e. The summed E-state index contributed by atoms with van der Waals surface area (Å²) >= 11 is 0. The van der Waals surface area contributed by atoms with E-state index in [0.717, 1.165) is 37.9 Å². The van der Waals surface area contributed by atoms with Gasteiger partial charge in [-0.05, 0) is 48.6 Å². The third-order valence-corrected chi connectivity index (χ3v) is 6.00. The Bertz CT molecular complexity index is 1100. The molecule has 2 atom stereocenters. The summed E-state index contributed by atoms with van der Waals surface area (Å²) in [4.78, 5) is 22.8. The Morgan fingerprint density at radius 3 is 2.59 bits per heavy atom. The van der Waals surface area contributed by atoms with E-state index in [0.29, 0.717) is 17.7 Å². The molecule has 1 saturated heterocycles. The van der Waals surface area contributed by atoms with Crippen molar-refractivity contribution in [2.75, 3.05) is 13.1 Å². The number of carbonyl (C=O) groups is 1. The molecular formula is C26H28N4O2. The highest BCUT2D eigenvalue weighted by molar-refractivity contribution is 5.75. The first-order valence-corrected chi connectivity index (χ1v) is 11.1. The number of ether oxygens (including phenoxy) is 1. The van der Waals surface area contributed by atoms with Gasteiger partial charge in [0.15, 0.2) is 0 Å². The Balaban J connectivity index is 0.00000259. The van der Waals surface area contributed by atoms with Crippen LogP contribution < -0.4 is 10.1 Å². The van der Waals surface area contributed by atoms with Crippen LogP contribution in [0.1, 0.15) is 37.7 Å². The lowest BCUT2D eigenvalue weighted by atomic mass is 10.0. The van der Waals surface area contributed by atoms with Crippen molar-refractivity contribution in [3.8, 4) is 11.8 Å². The average molecular weight is 429 g/mol. The molecule has 1 aliphatic carbocycles. The lowest BCUT2D eigenvalue weighted by Crippen LogP contribution is -2.44. The number of likely N-dealkylation sites (tertiary alicyclic amines) is 1. The van der Waals surface area contributed by atoms with Crippen LogP contribution in [0.5, 0.6) is 11.8 Å². The van der Waals surface area contributed by atoms with E-state index < -0.39 is 0 Å². The van der Waals surface area contributed by atoms with Gasteiger partial charge in [0.25, 0.3) is 0 Å². The molecule has 2 amide bonds. The number of rotatable bonds is 5. The Hall–Kier alpha value is -3.67. The summed E-state index contributed by atoms with van der Waals surface area (Å²) in [7, 11) is 0. The van der Waals surface area contributed by atoms with Crippen molar-refractivity contribution in [1.82, 2.24) is 20.2 Å². The van der Waals surface area contributed by atoms with Gasteiger partial charge in [0.2, 0.25) is 0 Å². The van der Waals surface area contributed by atoms with Crippen LogP contribution >= 0.6 is 0 Å². The number of piperidine rings is 1. The molecule has 1 N–H and O–H groups in total. The van der Waals surface area contributed by atoms with Crippen molar-refractivity contribution in [2.24, 2.45) is 0 Å². The maximum Gasteiger partial charge on any atom is 0.321 e. The second kappa shape index (κ2) is 9.22. The van der Waals surface area contributed by atoms with Crippen molar-refractivity contribution >= 4 is 12.1 Å². The van der Waals surface area contributed by atoms with E-state index >= 15 is 0 Å². The molecule has 3 aromatic rings. The smallest absolute Gasteiger partial charge is 0.321 e. The number of aromatic nitrogens is 2. The summed E-state index contributed by atoms with van der Waals surface area (Å²) in [5.41, 5.74) is 3.73. The molecule has 2 unspecified atom stereocenters. The minimum absolute atomic E-state index is 0. The zero-order valence-electron chi connectivity index (χ0n) is 17.9. The van der Waals surface area contributed by atoms with E-state index in [1.165, 1.54) is 11.1 Å². The van der Waals surface area contributed by atoms with E-state index in [1.807, 2.05) is 29.2 Å². The molecule has 164 valence electrons. The van der Waals surface area contributed by atoms with Crippen molar-refractivity contribution in [3.05, 3.63) is 89.8 Å². The third-order valence-electron chi connectivity index (χ3n) is 6.00. The molecule has 1 saturated carbocycles. The lowest BCUT2D eigenvalue weighted by Gasteiger charge is -2.28. The molecule has 2 aromatic carbocycles. The van der Waals surface area contributed by atoms with Crippen LogP contribution in [0, 0.1) is 0 Å². The van der Waals surface area contributed by atoms with Crippen LogP contribution in [-0.4, -0.2) is 40.0 Å². The number of amides is 2. The summed E-state index contributed by atoms with van der Waals surface area (Å²) in [6.45, 7) is 1.49. The van der Waals surface area contributed by atoms with Gasteiger partial charge in [-0.1, -0.05) is 54.1 Å². The van der Waals surface area contributed by atoms with Crippen LogP contribution in [0.3, 0.4) is 0 Å². The lowest BCUT2D eigenvalue weighted by molar-refractivity contribution is 0.193. The molecule has 0 bridgehead atoms. The van der Waals surface area contributed by atoms with Crippen molar-refractivity contribution in [1.29, 1.82) is 0 Å². The molecule has 32 heavy (non-hydrogen) atoms. The van der Waals surface area contributed by atoms with Gasteiger partial charge in [-0.2, -0.15) is 0 Å². The zero-order valence-corrected chi connectivity index (χ0v) is 17.9. The van der Waals surface area contributed by atoms with Gasteiger partial charge in [0.05, 0.1) is 0 Å². The fourth-order valence-corrected chi connectivity index (χ4v) is 4.16. The highest BCUT2D eigenvalue weighted by Gasteiger charge is 2.40. The highest BCUT2D eigenvalue weighted by Crippen LogP contribution is 2.40.